The average Bonchev–Trinajstić information content (AvgIpc) is 2.89. The van der Waals surface area contributed by atoms with Gasteiger partial charge in [-0.15, -0.1) is 0 Å². The number of hydrogen-bond donors (Lipinski definition) is 2. The molecule has 5 heteroatoms. The summed E-state index contributed by atoms with van der Waals surface area (Å²) in [5, 5.41) is 6.05. The minimum atomic E-state index is -0.493. The maximum absolute atomic E-state index is 11.6. The third-order valence-electron chi connectivity index (χ3n) is 3.09. The maximum atomic E-state index is 11.6. The summed E-state index contributed by atoms with van der Waals surface area (Å²) < 4.78 is 10.8. The summed E-state index contributed by atoms with van der Waals surface area (Å²) in [4.78, 5) is 11.6. The molecule has 0 aromatic heterocycles. The van der Waals surface area contributed by atoms with E-state index < -0.39 is 11.7 Å². The number of hydrogen-bond acceptors (Lipinski definition) is 4. The molecule has 116 valence electrons. The van der Waals surface area contributed by atoms with Gasteiger partial charge in [0.1, 0.15) is 5.60 Å². The minimum absolute atomic E-state index is 0.310. The van der Waals surface area contributed by atoms with Crippen molar-refractivity contribution in [2.75, 3.05) is 23.8 Å². The van der Waals surface area contributed by atoms with Gasteiger partial charge in [-0.2, -0.15) is 0 Å². The van der Waals surface area contributed by atoms with Crippen molar-refractivity contribution in [3.8, 4) is 0 Å². The number of rotatable bonds is 4. The highest BCUT2D eigenvalue weighted by Crippen LogP contribution is 2.17. The molecule has 21 heavy (non-hydrogen) atoms. The Balaban J connectivity index is 1.79. The van der Waals surface area contributed by atoms with Gasteiger partial charge >= 0.3 is 6.09 Å². The van der Waals surface area contributed by atoms with Crippen molar-refractivity contribution in [2.24, 2.45) is 0 Å². The lowest BCUT2D eigenvalue weighted by Gasteiger charge is -2.19. The highest BCUT2D eigenvalue weighted by molar-refractivity contribution is 5.85. The van der Waals surface area contributed by atoms with Crippen LogP contribution in [-0.4, -0.2) is 30.9 Å². The van der Waals surface area contributed by atoms with Crippen LogP contribution in [0.3, 0.4) is 0 Å². The number of anilines is 2. The Labute approximate surface area is 126 Å². The number of ether oxygens (including phenoxy) is 2. The van der Waals surface area contributed by atoms with Gasteiger partial charge < -0.3 is 14.8 Å². The molecule has 0 saturated carbocycles. The predicted octanol–water partition coefficient (Wildman–Crippen LogP) is 3.62. The molecule has 2 rings (SSSR count). The fourth-order valence-electron chi connectivity index (χ4n) is 2.13. The lowest BCUT2D eigenvalue weighted by Crippen LogP contribution is -2.27. The van der Waals surface area contributed by atoms with E-state index in [2.05, 4.69) is 10.6 Å². The lowest BCUT2D eigenvalue weighted by molar-refractivity contribution is 0.0636. The molecule has 1 atom stereocenters. The van der Waals surface area contributed by atoms with E-state index in [4.69, 9.17) is 9.47 Å². The van der Waals surface area contributed by atoms with Crippen LogP contribution in [0.4, 0.5) is 16.2 Å². The summed E-state index contributed by atoms with van der Waals surface area (Å²) in [6.45, 7) is 7.20. The monoisotopic (exact) mass is 292 g/mol. The SMILES string of the molecule is CC(C)(C)OC(=O)Nc1ccc(NCC2CCCO2)cc1. The molecule has 1 saturated heterocycles. The normalized spacial score (nSPS) is 18.3. The van der Waals surface area contributed by atoms with Crippen LogP contribution >= 0.6 is 0 Å². The van der Waals surface area contributed by atoms with Gasteiger partial charge in [-0.1, -0.05) is 0 Å². The second kappa shape index (κ2) is 6.80. The summed E-state index contributed by atoms with van der Waals surface area (Å²) >= 11 is 0. The zero-order chi connectivity index (χ0) is 15.3. The number of carbonyl (C=O) groups is 1. The Morgan fingerprint density at radius 3 is 2.52 bits per heavy atom. The molecule has 1 unspecified atom stereocenters. The van der Waals surface area contributed by atoms with Crippen LogP contribution in [0.2, 0.25) is 0 Å². The molecule has 1 aliphatic heterocycles. The maximum Gasteiger partial charge on any atom is 0.412 e. The Kier molecular flexibility index (Phi) is 5.07. The minimum Gasteiger partial charge on any atom is -0.444 e. The van der Waals surface area contributed by atoms with Crippen molar-refractivity contribution >= 4 is 17.5 Å². The Morgan fingerprint density at radius 2 is 1.95 bits per heavy atom. The van der Waals surface area contributed by atoms with Crippen LogP contribution < -0.4 is 10.6 Å². The van der Waals surface area contributed by atoms with Crippen LogP contribution in [0, 0.1) is 0 Å². The third-order valence-corrected chi connectivity index (χ3v) is 3.09. The van der Waals surface area contributed by atoms with Gasteiger partial charge in [-0.05, 0) is 57.9 Å². The van der Waals surface area contributed by atoms with Gasteiger partial charge in [-0.3, -0.25) is 5.32 Å². The second-order valence-electron chi connectivity index (χ2n) is 6.22. The highest BCUT2D eigenvalue weighted by Gasteiger charge is 2.16. The van der Waals surface area contributed by atoms with Gasteiger partial charge in [0, 0.05) is 24.5 Å². The molecular weight excluding hydrogens is 268 g/mol. The van der Waals surface area contributed by atoms with E-state index >= 15 is 0 Å². The van der Waals surface area contributed by atoms with Crippen LogP contribution in [0.25, 0.3) is 0 Å². The molecule has 0 bridgehead atoms. The Bertz CT molecular complexity index is 459. The predicted molar refractivity (Wildman–Crippen MR) is 83.8 cm³/mol. The van der Waals surface area contributed by atoms with Crippen LogP contribution in [0.15, 0.2) is 24.3 Å². The largest absolute Gasteiger partial charge is 0.444 e. The molecule has 0 spiro atoms. The van der Waals surface area contributed by atoms with E-state index in [9.17, 15) is 4.79 Å². The van der Waals surface area contributed by atoms with Crippen molar-refractivity contribution in [3.63, 3.8) is 0 Å². The number of carbonyl (C=O) groups excluding carboxylic acids is 1. The summed E-state index contributed by atoms with van der Waals surface area (Å²) in [7, 11) is 0. The lowest BCUT2D eigenvalue weighted by atomic mass is 10.2. The summed E-state index contributed by atoms with van der Waals surface area (Å²) in [6.07, 6.45) is 2.13. The molecule has 1 aliphatic rings. The molecule has 1 heterocycles. The van der Waals surface area contributed by atoms with Crippen molar-refractivity contribution in [3.05, 3.63) is 24.3 Å². The fourth-order valence-corrected chi connectivity index (χ4v) is 2.13. The molecule has 0 radical (unpaired) electrons. The standard InChI is InChI=1S/C16H24N2O3/c1-16(2,3)21-15(19)18-13-8-6-12(7-9-13)17-11-14-5-4-10-20-14/h6-9,14,17H,4-5,10-11H2,1-3H3,(H,18,19). The Hall–Kier alpha value is -1.75. The molecule has 1 fully saturated rings. The smallest absolute Gasteiger partial charge is 0.412 e. The van der Waals surface area contributed by atoms with Crippen LogP contribution in [0.5, 0.6) is 0 Å². The van der Waals surface area contributed by atoms with E-state index in [1.165, 1.54) is 0 Å². The van der Waals surface area contributed by atoms with Crippen LogP contribution in [0.1, 0.15) is 33.6 Å². The first-order valence-corrected chi connectivity index (χ1v) is 7.38. The first kappa shape index (κ1) is 15.6. The summed E-state index contributed by atoms with van der Waals surface area (Å²) in [5.74, 6) is 0. The molecule has 2 N–H and O–H groups in total. The number of amides is 1. The second-order valence-corrected chi connectivity index (χ2v) is 6.22. The van der Waals surface area contributed by atoms with Crippen LogP contribution in [-0.2, 0) is 9.47 Å². The topological polar surface area (TPSA) is 59.6 Å². The number of benzene rings is 1. The first-order valence-electron chi connectivity index (χ1n) is 7.38. The van der Waals surface area contributed by atoms with Gasteiger partial charge in [0.05, 0.1) is 6.10 Å². The molecule has 1 amide bonds. The molecule has 1 aromatic carbocycles. The molecule has 5 nitrogen and oxygen atoms in total. The fraction of sp³-hybridized carbons (Fsp3) is 0.562. The molecule has 1 aromatic rings. The van der Waals surface area contributed by atoms with Crippen molar-refractivity contribution in [2.45, 2.75) is 45.3 Å². The highest BCUT2D eigenvalue weighted by atomic mass is 16.6. The molecular formula is C16H24N2O3. The number of nitrogens with one attached hydrogen (secondary N) is 2. The summed E-state index contributed by atoms with van der Waals surface area (Å²) in [6, 6.07) is 7.56. The van der Waals surface area contributed by atoms with Gasteiger partial charge in [0.15, 0.2) is 0 Å². The van der Waals surface area contributed by atoms with Crippen molar-refractivity contribution < 1.29 is 14.3 Å². The Morgan fingerprint density at radius 1 is 1.29 bits per heavy atom. The van der Waals surface area contributed by atoms with E-state index in [0.717, 1.165) is 31.7 Å². The zero-order valence-electron chi connectivity index (χ0n) is 12.9. The third kappa shape index (κ3) is 5.63. The first-order chi connectivity index (χ1) is 9.92. The quantitative estimate of drug-likeness (QED) is 0.889. The molecule has 0 aliphatic carbocycles. The van der Waals surface area contributed by atoms with Gasteiger partial charge in [-0.25, -0.2) is 4.79 Å². The van der Waals surface area contributed by atoms with Gasteiger partial charge in [0.2, 0.25) is 0 Å². The zero-order valence-corrected chi connectivity index (χ0v) is 12.9. The van der Waals surface area contributed by atoms with E-state index in [1.54, 1.807) is 0 Å². The van der Waals surface area contributed by atoms with Crippen molar-refractivity contribution in [1.29, 1.82) is 0 Å². The van der Waals surface area contributed by atoms with E-state index in [1.807, 2.05) is 45.0 Å². The van der Waals surface area contributed by atoms with E-state index in [0.29, 0.717) is 11.8 Å². The van der Waals surface area contributed by atoms with Crippen molar-refractivity contribution in [1.82, 2.24) is 0 Å². The van der Waals surface area contributed by atoms with Gasteiger partial charge in [0.25, 0.3) is 0 Å². The average molecular weight is 292 g/mol. The van der Waals surface area contributed by atoms with E-state index in [-0.39, 0.29) is 0 Å². The summed E-state index contributed by atoms with van der Waals surface area (Å²) in [5.41, 5.74) is 1.24.